The number of aromatic nitrogens is 2. The number of hydrogen-bond donors (Lipinski definition) is 1. The van der Waals surface area contributed by atoms with Crippen LogP contribution in [0.1, 0.15) is 13.8 Å². The lowest BCUT2D eigenvalue weighted by atomic mass is 10.2. The average molecular weight is 194 g/mol. The van der Waals surface area contributed by atoms with E-state index in [9.17, 15) is 0 Å². The van der Waals surface area contributed by atoms with Gasteiger partial charge in [-0.25, -0.2) is 9.97 Å². The van der Waals surface area contributed by atoms with Gasteiger partial charge in [0.05, 0.1) is 0 Å². The van der Waals surface area contributed by atoms with Crippen LogP contribution in [0.5, 0.6) is 0 Å². The predicted molar refractivity (Wildman–Crippen MR) is 58.1 cm³/mol. The lowest BCUT2D eigenvalue weighted by molar-refractivity contribution is 0.569. The van der Waals surface area contributed by atoms with Gasteiger partial charge >= 0.3 is 0 Å². The summed E-state index contributed by atoms with van der Waals surface area (Å²) in [4.78, 5) is 10.6. The van der Waals surface area contributed by atoms with E-state index in [0.717, 1.165) is 19.0 Å². The van der Waals surface area contributed by atoms with Crippen molar-refractivity contribution in [2.45, 2.75) is 13.8 Å². The molecule has 14 heavy (non-hydrogen) atoms. The van der Waals surface area contributed by atoms with E-state index in [-0.39, 0.29) is 0 Å². The second kappa shape index (κ2) is 5.54. The molecular formula is C10H18N4. The van der Waals surface area contributed by atoms with Gasteiger partial charge in [-0.1, -0.05) is 6.92 Å². The highest BCUT2D eigenvalue weighted by atomic mass is 15.2. The number of anilines is 1. The van der Waals surface area contributed by atoms with Crippen molar-refractivity contribution in [1.29, 1.82) is 0 Å². The largest absolute Gasteiger partial charge is 0.341 e. The van der Waals surface area contributed by atoms with Gasteiger partial charge in [0, 0.05) is 25.5 Å². The van der Waals surface area contributed by atoms with Crippen LogP contribution < -0.4 is 10.6 Å². The fourth-order valence-corrected chi connectivity index (χ4v) is 1.26. The Bertz CT molecular complexity index is 250. The highest BCUT2D eigenvalue weighted by Gasteiger charge is 2.09. The summed E-state index contributed by atoms with van der Waals surface area (Å²) in [5.74, 6) is 1.26. The van der Waals surface area contributed by atoms with Crippen molar-refractivity contribution < 1.29 is 0 Å². The van der Waals surface area contributed by atoms with Crippen LogP contribution in [0.15, 0.2) is 18.5 Å². The SMILES string of the molecule is CCN(CC(C)CN)c1ncccn1. The molecule has 78 valence electrons. The van der Waals surface area contributed by atoms with E-state index in [1.54, 1.807) is 12.4 Å². The Hall–Kier alpha value is -1.16. The molecule has 4 heteroatoms. The Morgan fingerprint density at radius 3 is 2.57 bits per heavy atom. The maximum absolute atomic E-state index is 5.59. The molecule has 0 spiro atoms. The molecule has 1 atom stereocenters. The van der Waals surface area contributed by atoms with Gasteiger partial charge in [-0.05, 0) is 25.5 Å². The van der Waals surface area contributed by atoms with Crippen LogP contribution in [0.3, 0.4) is 0 Å². The summed E-state index contributed by atoms with van der Waals surface area (Å²) in [5.41, 5.74) is 5.59. The summed E-state index contributed by atoms with van der Waals surface area (Å²) < 4.78 is 0. The van der Waals surface area contributed by atoms with E-state index >= 15 is 0 Å². The molecule has 0 fully saturated rings. The molecule has 0 aliphatic carbocycles. The normalized spacial score (nSPS) is 12.5. The molecular weight excluding hydrogens is 176 g/mol. The minimum atomic E-state index is 0.471. The third-order valence-electron chi connectivity index (χ3n) is 2.15. The van der Waals surface area contributed by atoms with Crippen molar-refractivity contribution in [3.05, 3.63) is 18.5 Å². The molecule has 0 aliphatic heterocycles. The lowest BCUT2D eigenvalue weighted by Gasteiger charge is -2.23. The van der Waals surface area contributed by atoms with E-state index in [1.165, 1.54) is 0 Å². The predicted octanol–water partition coefficient (Wildman–Crippen LogP) is 0.898. The Morgan fingerprint density at radius 2 is 2.07 bits per heavy atom. The van der Waals surface area contributed by atoms with E-state index in [0.29, 0.717) is 12.5 Å². The van der Waals surface area contributed by atoms with Gasteiger partial charge in [-0.3, -0.25) is 0 Å². The van der Waals surface area contributed by atoms with Gasteiger partial charge in [0.25, 0.3) is 0 Å². The van der Waals surface area contributed by atoms with Crippen molar-refractivity contribution in [2.24, 2.45) is 11.7 Å². The summed E-state index contributed by atoms with van der Waals surface area (Å²) >= 11 is 0. The second-order valence-corrected chi connectivity index (χ2v) is 3.43. The minimum Gasteiger partial charge on any atom is -0.341 e. The van der Waals surface area contributed by atoms with Crippen LogP contribution in [-0.4, -0.2) is 29.6 Å². The first-order chi connectivity index (χ1) is 6.77. The van der Waals surface area contributed by atoms with Gasteiger partial charge in [-0.2, -0.15) is 0 Å². The average Bonchev–Trinajstić information content (AvgIpc) is 2.26. The molecule has 0 amide bonds. The molecule has 1 aromatic heterocycles. The summed E-state index contributed by atoms with van der Waals surface area (Å²) in [7, 11) is 0. The quantitative estimate of drug-likeness (QED) is 0.756. The Balaban J connectivity index is 2.63. The highest BCUT2D eigenvalue weighted by molar-refractivity contribution is 5.27. The summed E-state index contributed by atoms with van der Waals surface area (Å²) in [6, 6.07) is 1.82. The van der Waals surface area contributed by atoms with Gasteiger partial charge in [-0.15, -0.1) is 0 Å². The van der Waals surface area contributed by atoms with E-state index in [4.69, 9.17) is 5.73 Å². The first-order valence-electron chi connectivity index (χ1n) is 5.00. The second-order valence-electron chi connectivity index (χ2n) is 3.43. The van der Waals surface area contributed by atoms with Gasteiger partial charge in [0.2, 0.25) is 5.95 Å². The van der Waals surface area contributed by atoms with E-state index in [1.807, 2.05) is 6.07 Å². The Morgan fingerprint density at radius 1 is 1.43 bits per heavy atom. The van der Waals surface area contributed by atoms with Crippen molar-refractivity contribution in [3.8, 4) is 0 Å². The van der Waals surface area contributed by atoms with Crippen LogP contribution in [0.25, 0.3) is 0 Å². The van der Waals surface area contributed by atoms with Crippen molar-refractivity contribution in [1.82, 2.24) is 9.97 Å². The molecule has 2 N–H and O–H groups in total. The number of nitrogens with two attached hydrogens (primary N) is 1. The van der Waals surface area contributed by atoms with Crippen molar-refractivity contribution in [2.75, 3.05) is 24.5 Å². The summed E-state index contributed by atoms with van der Waals surface area (Å²) in [6.45, 7) is 6.75. The molecule has 1 unspecified atom stereocenters. The molecule has 1 rings (SSSR count). The first kappa shape index (κ1) is 10.9. The Kier molecular flexibility index (Phi) is 4.32. The zero-order valence-electron chi connectivity index (χ0n) is 8.85. The molecule has 0 bridgehead atoms. The zero-order valence-corrected chi connectivity index (χ0v) is 8.85. The van der Waals surface area contributed by atoms with Crippen molar-refractivity contribution >= 4 is 5.95 Å². The van der Waals surface area contributed by atoms with Crippen LogP contribution in [0, 0.1) is 5.92 Å². The number of rotatable bonds is 5. The molecule has 0 saturated heterocycles. The van der Waals surface area contributed by atoms with Crippen LogP contribution in [-0.2, 0) is 0 Å². The van der Waals surface area contributed by atoms with Gasteiger partial charge in [0.15, 0.2) is 0 Å². The molecule has 0 aromatic carbocycles. The first-order valence-corrected chi connectivity index (χ1v) is 5.00. The van der Waals surface area contributed by atoms with Crippen LogP contribution >= 0.6 is 0 Å². The summed E-state index contributed by atoms with van der Waals surface area (Å²) in [5, 5.41) is 0. The van der Waals surface area contributed by atoms with Crippen LogP contribution in [0.4, 0.5) is 5.95 Å². The lowest BCUT2D eigenvalue weighted by Crippen LogP contribution is -2.32. The molecule has 1 aromatic rings. The minimum absolute atomic E-state index is 0.471. The van der Waals surface area contributed by atoms with Crippen LogP contribution in [0.2, 0.25) is 0 Å². The molecule has 0 saturated carbocycles. The van der Waals surface area contributed by atoms with Gasteiger partial charge in [0.1, 0.15) is 0 Å². The van der Waals surface area contributed by atoms with Gasteiger partial charge < -0.3 is 10.6 Å². The van der Waals surface area contributed by atoms with Crippen molar-refractivity contribution in [3.63, 3.8) is 0 Å². The smallest absolute Gasteiger partial charge is 0.225 e. The fourth-order valence-electron chi connectivity index (χ4n) is 1.26. The third-order valence-corrected chi connectivity index (χ3v) is 2.15. The zero-order chi connectivity index (χ0) is 10.4. The maximum Gasteiger partial charge on any atom is 0.225 e. The topological polar surface area (TPSA) is 55.0 Å². The number of nitrogens with zero attached hydrogens (tertiary/aromatic N) is 3. The molecule has 1 heterocycles. The van der Waals surface area contributed by atoms with E-state index < -0.39 is 0 Å². The maximum atomic E-state index is 5.59. The highest BCUT2D eigenvalue weighted by Crippen LogP contribution is 2.07. The third kappa shape index (κ3) is 2.96. The molecule has 4 nitrogen and oxygen atoms in total. The van der Waals surface area contributed by atoms with E-state index in [2.05, 4.69) is 28.7 Å². The Labute approximate surface area is 85.2 Å². The summed E-state index contributed by atoms with van der Waals surface area (Å²) in [6.07, 6.45) is 3.52. The molecule has 0 aliphatic rings. The molecule has 0 radical (unpaired) electrons. The standard InChI is InChI=1S/C10H18N4/c1-3-14(8-9(2)7-11)10-12-5-4-6-13-10/h4-6,9H,3,7-8,11H2,1-2H3. The number of hydrogen-bond acceptors (Lipinski definition) is 4. The fraction of sp³-hybridized carbons (Fsp3) is 0.600. The monoisotopic (exact) mass is 194 g/mol.